The number of thioether (sulfide) groups is 1. The number of hydrogen-bond acceptors (Lipinski definition) is 7. The second-order valence-electron chi connectivity index (χ2n) is 4.12. The van der Waals surface area contributed by atoms with Gasteiger partial charge in [-0.15, -0.1) is 0 Å². The first kappa shape index (κ1) is 14.3. The van der Waals surface area contributed by atoms with E-state index in [1.54, 1.807) is 6.07 Å². The minimum atomic E-state index is 0.385. The fourth-order valence-corrected chi connectivity index (χ4v) is 2.33. The number of anilines is 3. The summed E-state index contributed by atoms with van der Waals surface area (Å²) in [5, 5.41) is 0.589. The Bertz CT molecular complexity index is 558. The zero-order valence-corrected chi connectivity index (χ0v) is 11.8. The van der Waals surface area contributed by atoms with E-state index in [9.17, 15) is 0 Å². The van der Waals surface area contributed by atoms with E-state index >= 15 is 0 Å². The Morgan fingerprint density at radius 3 is 2.50 bits per heavy atom. The van der Waals surface area contributed by atoms with Crippen LogP contribution in [0.2, 0.25) is 0 Å². The molecule has 0 saturated heterocycles. The van der Waals surface area contributed by atoms with Crippen molar-refractivity contribution >= 4 is 29.1 Å². The molecule has 0 radical (unpaired) electrons. The van der Waals surface area contributed by atoms with Crippen molar-refractivity contribution in [1.29, 1.82) is 0 Å². The number of nitrogens with zero attached hydrogens (tertiary/aromatic N) is 2. The van der Waals surface area contributed by atoms with Crippen LogP contribution in [0.3, 0.4) is 0 Å². The lowest BCUT2D eigenvalue weighted by atomic mass is 10.3. The molecule has 0 aliphatic heterocycles. The second kappa shape index (κ2) is 6.85. The Hall–Kier alpha value is -2.15. The Morgan fingerprint density at radius 1 is 1.05 bits per heavy atom. The molecule has 0 fully saturated rings. The van der Waals surface area contributed by atoms with Crippen LogP contribution in [-0.4, -0.2) is 22.3 Å². The molecule has 0 aliphatic rings. The van der Waals surface area contributed by atoms with E-state index < -0.39 is 0 Å². The van der Waals surface area contributed by atoms with E-state index in [0.717, 1.165) is 17.9 Å². The summed E-state index contributed by atoms with van der Waals surface area (Å²) in [4.78, 5) is 8.19. The van der Waals surface area contributed by atoms with Crippen molar-refractivity contribution in [3.05, 3.63) is 30.3 Å². The van der Waals surface area contributed by atoms with E-state index in [4.69, 9.17) is 21.9 Å². The first-order valence-corrected chi connectivity index (χ1v) is 7.13. The Kier molecular flexibility index (Phi) is 4.89. The predicted molar refractivity (Wildman–Crippen MR) is 82.5 cm³/mol. The van der Waals surface area contributed by atoms with Crippen molar-refractivity contribution in [1.82, 2.24) is 9.97 Å². The molecule has 0 saturated carbocycles. The molecule has 6 nitrogen and oxygen atoms in total. The third kappa shape index (κ3) is 4.51. The maximum atomic E-state index is 5.67. The Labute approximate surface area is 121 Å². The summed E-state index contributed by atoms with van der Waals surface area (Å²) in [6.45, 7) is 0.605. The van der Waals surface area contributed by atoms with Gasteiger partial charge in [-0.2, -0.15) is 0 Å². The largest absolute Gasteiger partial charge is 0.493 e. The van der Waals surface area contributed by atoms with Gasteiger partial charge in [0.25, 0.3) is 0 Å². The molecule has 106 valence electrons. The minimum absolute atomic E-state index is 0.385. The smallest absolute Gasteiger partial charge is 0.191 e. The number of benzene rings is 1. The maximum absolute atomic E-state index is 5.67. The standard InChI is InChI=1S/C13H17N5OS/c14-9-3-1-4-10(7-9)19-5-2-6-20-13-17-11(15)8-12(16)18-13/h1,3-4,7-8H,2,5-6,14H2,(H4,15,16,17,18). The average molecular weight is 291 g/mol. The van der Waals surface area contributed by atoms with Gasteiger partial charge in [-0.25, -0.2) is 9.97 Å². The summed E-state index contributed by atoms with van der Waals surface area (Å²) in [5.41, 5.74) is 17.6. The highest BCUT2D eigenvalue weighted by molar-refractivity contribution is 7.99. The van der Waals surface area contributed by atoms with Gasteiger partial charge in [-0.1, -0.05) is 17.8 Å². The lowest BCUT2D eigenvalue weighted by Crippen LogP contribution is -2.01. The van der Waals surface area contributed by atoms with Gasteiger partial charge < -0.3 is 21.9 Å². The van der Waals surface area contributed by atoms with Gasteiger partial charge in [0.05, 0.1) is 6.61 Å². The Morgan fingerprint density at radius 2 is 1.80 bits per heavy atom. The van der Waals surface area contributed by atoms with E-state index in [1.807, 2.05) is 18.2 Å². The lowest BCUT2D eigenvalue weighted by molar-refractivity contribution is 0.319. The molecule has 2 aromatic rings. The van der Waals surface area contributed by atoms with Gasteiger partial charge in [0, 0.05) is 23.6 Å². The molecule has 2 rings (SSSR count). The molecule has 0 aliphatic carbocycles. The molecule has 0 spiro atoms. The van der Waals surface area contributed by atoms with Crippen molar-refractivity contribution in [2.24, 2.45) is 0 Å². The maximum Gasteiger partial charge on any atom is 0.191 e. The monoisotopic (exact) mass is 291 g/mol. The van der Waals surface area contributed by atoms with Gasteiger partial charge in [0.2, 0.25) is 0 Å². The van der Waals surface area contributed by atoms with Crippen LogP contribution in [0.5, 0.6) is 5.75 Å². The van der Waals surface area contributed by atoms with E-state index in [-0.39, 0.29) is 0 Å². The second-order valence-corrected chi connectivity index (χ2v) is 5.19. The number of nitrogens with two attached hydrogens (primary N) is 3. The summed E-state index contributed by atoms with van der Waals surface area (Å²) in [7, 11) is 0. The van der Waals surface area contributed by atoms with E-state index in [2.05, 4.69) is 9.97 Å². The van der Waals surface area contributed by atoms with Crippen LogP contribution in [0.1, 0.15) is 6.42 Å². The molecular weight excluding hydrogens is 274 g/mol. The number of nitrogen functional groups attached to an aromatic ring is 3. The number of aromatic nitrogens is 2. The van der Waals surface area contributed by atoms with Gasteiger partial charge in [-0.05, 0) is 18.6 Å². The normalized spacial score (nSPS) is 10.4. The fourth-order valence-electron chi connectivity index (χ4n) is 1.54. The predicted octanol–water partition coefficient (Wildman–Crippen LogP) is 1.78. The molecule has 7 heteroatoms. The van der Waals surface area contributed by atoms with Crippen LogP contribution in [0.25, 0.3) is 0 Å². The quantitative estimate of drug-likeness (QED) is 0.322. The van der Waals surface area contributed by atoms with Crippen molar-refractivity contribution in [2.75, 3.05) is 29.6 Å². The third-order valence-corrected chi connectivity index (χ3v) is 3.33. The van der Waals surface area contributed by atoms with Gasteiger partial charge >= 0.3 is 0 Å². The molecule has 0 unspecified atom stereocenters. The molecule has 6 N–H and O–H groups in total. The summed E-state index contributed by atoms with van der Waals surface area (Å²) in [5.74, 6) is 2.37. The number of ether oxygens (including phenoxy) is 1. The highest BCUT2D eigenvalue weighted by atomic mass is 32.2. The van der Waals surface area contributed by atoms with Crippen LogP contribution >= 0.6 is 11.8 Å². The zero-order valence-electron chi connectivity index (χ0n) is 11.0. The van der Waals surface area contributed by atoms with Crippen LogP contribution in [0.15, 0.2) is 35.5 Å². The topological polar surface area (TPSA) is 113 Å². The van der Waals surface area contributed by atoms with Crippen molar-refractivity contribution in [2.45, 2.75) is 11.6 Å². The van der Waals surface area contributed by atoms with Crippen LogP contribution in [0.4, 0.5) is 17.3 Å². The third-order valence-electron chi connectivity index (χ3n) is 2.39. The van der Waals surface area contributed by atoms with Gasteiger partial charge in [0.1, 0.15) is 17.4 Å². The molecule has 1 aromatic carbocycles. The van der Waals surface area contributed by atoms with E-state index in [0.29, 0.717) is 29.1 Å². The minimum Gasteiger partial charge on any atom is -0.493 e. The first-order valence-electron chi connectivity index (χ1n) is 6.14. The average Bonchev–Trinajstić information content (AvgIpc) is 2.37. The summed E-state index contributed by atoms with van der Waals surface area (Å²) in [6, 6.07) is 8.90. The molecule has 0 atom stereocenters. The molecule has 1 aromatic heterocycles. The van der Waals surface area contributed by atoms with Gasteiger partial charge in [-0.3, -0.25) is 0 Å². The lowest BCUT2D eigenvalue weighted by Gasteiger charge is -2.06. The number of rotatable bonds is 6. The van der Waals surface area contributed by atoms with Crippen molar-refractivity contribution < 1.29 is 4.74 Å². The summed E-state index contributed by atoms with van der Waals surface area (Å²) < 4.78 is 5.59. The van der Waals surface area contributed by atoms with Crippen molar-refractivity contribution in [3.8, 4) is 5.75 Å². The van der Waals surface area contributed by atoms with Crippen LogP contribution in [-0.2, 0) is 0 Å². The highest BCUT2D eigenvalue weighted by Gasteiger charge is 2.01. The molecule has 0 bridgehead atoms. The van der Waals surface area contributed by atoms with Crippen molar-refractivity contribution in [3.63, 3.8) is 0 Å². The highest BCUT2D eigenvalue weighted by Crippen LogP contribution is 2.18. The van der Waals surface area contributed by atoms with Crippen LogP contribution < -0.4 is 21.9 Å². The van der Waals surface area contributed by atoms with Gasteiger partial charge in [0.15, 0.2) is 5.16 Å². The van der Waals surface area contributed by atoms with Crippen LogP contribution in [0, 0.1) is 0 Å². The van der Waals surface area contributed by atoms with E-state index in [1.165, 1.54) is 17.8 Å². The first-order chi connectivity index (χ1) is 9.63. The summed E-state index contributed by atoms with van der Waals surface area (Å²) >= 11 is 1.50. The number of hydrogen-bond donors (Lipinski definition) is 3. The zero-order chi connectivity index (χ0) is 14.4. The molecular formula is C13H17N5OS. The molecule has 20 heavy (non-hydrogen) atoms. The SMILES string of the molecule is Nc1cccc(OCCCSc2nc(N)cc(N)n2)c1. The molecule has 1 heterocycles. The summed E-state index contributed by atoms with van der Waals surface area (Å²) in [6.07, 6.45) is 0.859. The fraction of sp³-hybridized carbons (Fsp3) is 0.231. The molecule has 0 amide bonds. The Balaban J connectivity index is 1.71.